The Morgan fingerprint density at radius 1 is 1.23 bits per heavy atom. The summed E-state index contributed by atoms with van der Waals surface area (Å²) in [4.78, 5) is 16.9. The number of fused-ring (bicyclic) bond motifs is 1. The molecule has 0 saturated heterocycles. The highest BCUT2D eigenvalue weighted by Crippen LogP contribution is 2.35. The van der Waals surface area contributed by atoms with E-state index in [4.69, 9.17) is 14.6 Å². The minimum atomic E-state index is -0.886. The second-order valence-corrected chi connectivity index (χ2v) is 4.76. The lowest BCUT2D eigenvalue weighted by Crippen LogP contribution is -2.25. The van der Waals surface area contributed by atoms with Gasteiger partial charge in [0.2, 0.25) is 0 Å². The van der Waals surface area contributed by atoms with Crippen LogP contribution in [0.2, 0.25) is 0 Å². The molecule has 1 N–H and O–H groups in total. The molecule has 6 heteroatoms. The number of hydrogen-bond donors (Lipinski definition) is 1. The summed E-state index contributed by atoms with van der Waals surface area (Å²) < 4.78 is 11.2. The van der Waals surface area contributed by atoms with Crippen LogP contribution in [0.1, 0.15) is 13.8 Å². The number of aromatic nitrogens is 1. The zero-order chi connectivity index (χ0) is 16.1. The Balaban J connectivity index is 2.55. The van der Waals surface area contributed by atoms with Crippen molar-refractivity contribution >= 4 is 22.6 Å². The van der Waals surface area contributed by atoms with Crippen LogP contribution in [-0.4, -0.2) is 42.9 Å². The number of likely N-dealkylation sites (N-methyl/N-ethyl adjacent to an activating group) is 1. The van der Waals surface area contributed by atoms with E-state index in [1.54, 1.807) is 24.2 Å². The number of ether oxygens (including phenoxy) is 2. The first-order valence-corrected chi connectivity index (χ1v) is 7.18. The normalized spacial score (nSPS) is 10.5. The third kappa shape index (κ3) is 3.39. The molecule has 0 aliphatic rings. The van der Waals surface area contributed by atoms with Crippen molar-refractivity contribution in [1.29, 1.82) is 0 Å². The van der Waals surface area contributed by atoms with Crippen molar-refractivity contribution in [2.45, 2.75) is 13.8 Å². The summed E-state index contributed by atoms with van der Waals surface area (Å²) in [5, 5.41) is 9.80. The lowest BCUT2D eigenvalue weighted by molar-refractivity contribution is -0.135. The summed E-state index contributed by atoms with van der Waals surface area (Å²) in [5.41, 5.74) is 1.53. The molecule has 0 fully saturated rings. The molecule has 0 aliphatic heterocycles. The Hall–Kier alpha value is -2.50. The zero-order valence-electron chi connectivity index (χ0n) is 13.0. The number of pyridine rings is 1. The molecule has 0 unspecified atom stereocenters. The molecule has 1 aromatic carbocycles. The topological polar surface area (TPSA) is 71.9 Å². The fourth-order valence-corrected chi connectivity index (χ4v) is 2.30. The predicted molar refractivity (Wildman–Crippen MR) is 85.0 cm³/mol. The van der Waals surface area contributed by atoms with Gasteiger partial charge in [0.05, 0.1) is 18.7 Å². The molecule has 0 spiro atoms. The zero-order valence-corrected chi connectivity index (χ0v) is 13.0. The van der Waals surface area contributed by atoms with Crippen molar-refractivity contribution in [3.8, 4) is 11.5 Å². The largest absolute Gasteiger partial charge is 0.490 e. The average Bonchev–Trinajstić information content (AvgIpc) is 2.47. The van der Waals surface area contributed by atoms with Gasteiger partial charge in [-0.1, -0.05) is 0 Å². The molecule has 22 heavy (non-hydrogen) atoms. The lowest BCUT2D eigenvalue weighted by atomic mass is 10.1. The highest BCUT2D eigenvalue weighted by molar-refractivity contribution is 5.94. The van der Waals surface area contributed by atoms with E-state index in [2.05, 4.69) is 4.98 Å². The minimum Gasteiger partial charge on any atom is -0.490 e. The van der Waals surface area contributed by atoms with Gasteiger partial charge in [-0.15, -0.1) is 0 Å². The van der Waals surface area contributed by atoms with Crippen molar-refractivity contribution in [3.05, 3.63) is 24.4 Å². The van der Waals surface area contributed by atoms with E-state index in [0.29, 0.717) is 24.7 Å². The van der Waals surface area contributed by atoms with E-state index in [-0.39, 0.29) is 6.54 Å². The number of aliphatic carboxylic acids is 1. The van der Waals surface area contributed by atoms with E-state index < -0.39 is 5.97 Å². The number of carbonyl (C=O) groups is 1. The summed E-state index contributed by atoms with van der Waals surface area (Å²) in [6, 6.07) is 5.47. The Morgan fingerprint density at radius 3 is 2.45 bits per heavy atom. The number of hydrogen-bond acceptors (Lipinski definition) is 5. The number of rotatable bonds is 7. The summed E-state index contributed by atoms with van der Waals surface area (Å²) in [6.45, 7) is 4.78. The van der Waals surface area contributed by atoms with Gasteiger partial charge in [-0.25, -0.2) is 0 Å². The van der Waals surface area contributed by atoms with Gasteiger partial charge in [0.1, 0.15) is 6.54 Å². The van der Waals surface area contributed by atoms with Crippen LogP contribution in [0, 0.1) is 0 Å². The van der Waals surface area contributed by atoms with Crippen molar-refractivity contribution in [1.82, 2.24) is 4.98 Å². The van der Waals surface area contributed by atoms with Gasteiger partial charge >= 0.3 is 5.97 Å². The van der Waals surface area contributed by atoms with Crippen molar-refractivity contribution < 1.29 is 19.4 Å². The molecule has 2 rings (SSSR count). The molecule has 0 atom stereocenters. The quantitative estimate of drug-likeness (QED) is 0.847. The van der Waals surface area contributed by atoms with Crippen molar-refractivity contribution in [2.75, 3.05) is 31.7 Å². The highest BCUT2D eigenvalue weighted by Gasteiger charge is 2.14. The second kappa shape index (κ2) is 6.98. The van der Waals surface area contributed by atoms with E-state index in [0.717, 1.165) is 16.6 Å². The molecule has 0 radical (unpaired) electrons. The first kappa shape index (κ1) is 15.9. The third-order valence-electron chi connectivity index (χ3n) is 3.17. The number of carboxylic acids is 1. The number of nitrogens with zero attached hydrogens (tertiary/aromatic N) is 2. The molecule has 0 saturated carbocycles. The van der Waals surface area contributed by atoms with Crippen LogP contribution in [0.25, 0.3) is 10.9 Å². The van der Waals surface area contributed by atoms with Crippen LogP contribution in [-0.2, 0) is 4.79 Å². The summed E-state index contributed by atoms with van der Waals surface area (Å²) >= 11 is 0. The third-order valence-corrected chi connectivity index (χ3v) is 3.17. The van der Waals surface area contributed by atoms with Gasteiger partial charge in [-0.3, -0.25) is 9.78 Å². The standard InChI is InChI=1S/C16H20N2O4/c1-4-21-14-8-11-12(9-15(14)22-5-2)17-7-6-13(11)18(3)10-16(19)20/h6-9H,4-5,10H2,1-3H3,(H,19,20). The molecule has 0 bridgehead atoms. The summed E-state index contributed by atoms with van der Waals surface area (Å²) in [6.07, 6.45) is 1.66. The Bertz CT molecular complexity index is 672. The number of benzene rings is 1. The molecule has 2 aromatic rings. The molecule has 1 aromatic heterocycles. The van der Waals surface area contributed by atoms with Crippen molar-refractivity contribution in [2.24, 2.45) is 0 Å². The maximum absolute atomic E-state index is 10.9. The van der Waals surface area contributed by atoms with Gasteiger partial charge in [0.15, 0.2) is 11.5 Å². The first-order valence-electron chi connectivity index (χ1n) is 7.18. The van der Waals surface area contributed by atoms with Crippen molar-refractivity contribution in [3.63, 3.8) is 0 Å². The molecular formula is C16H20N2O4. The maximum atomic E-state index is 10.9. The van der Waals surface area contributed by atoms with Crippen LogP contribution in [0.3, 0.4) is 0 Å². The maximum Gasteiger partial charge on any atom is 0.323 e. The van der Waals surface area contributed by atoms with Gasteiger partial charge in [-0.2, -0.15) is 0 Å². The van der Waals surface area contributed by atoms with Gasteiger partial charge in [0, 0.05) is 30.4 Å². The lowest BCUT2D eigenvalue weighted by Gasteiger charge is -2.20. The monoisotopic (exact) mass is 304 g/mol. The van der Waals surface area contributed by atoms with E-state index in [9.17, 15) is 4.79 Å². The average molecular weight is 304 g/mol. The fraction of sp³-hybridized carbons (Fsp3) is 0.375. The van der Waals surface area contributed by atoms with Crippen LogP contribution in [0.4, 0.5) is 5.69 Å². The van der Waals surface area contributed by atoms with Crippen LogP contribution >= 0.6 is 0 Å². The Morgan fingerprint density at radius 2 is 1.86 bits per heavy atom. The Kier molecular flexibility index (Phi) is 5.04. The van der Waals surface area contributed by atoms with E-state index in [1.807, 2.05) is 26.0 Å². The molecule has 0 amide bonds. The summed E-state index contributed by atoms with van der Waals surface area (Å²) in [5.74, 6) is 0.389. The first-order chi connectivity index (χ1) is 10.6. The molecule has 118 valence electrons. The molecular weight excluding hydrogens is 284 g/mol. The molecule has 1 heterocycles. The Labute approximate surface area is 129 Å². The fourth-order valence-electron chi connectivity index (χ4n) is 2.30. The van der Waals surface area contributed by atoms with Crippen LogP contribution in [0.5, 0.6) is 11.5 Å². The van der Waals surface area contributed by atoms with Crippen LogP contribution < -0.4 is 14.4 Å². The van der Waals surface area contributed by atoms with E-state index in [1.165, 1.54) is 0 Å². The minimum absolute atomic E-state index is 0.0870. The smallest absolute Gasteiger partial charge is 0.323 e. The van der Waals surface area contributed by atoms with E-state index >= 15 is 0 Å². The number of carboxylic acid groups (broad SMARTS) is 1. The second-order valence-electron chi connectivity index (χ2n) is 4.76. The van der Waals surface area contributed by atoms with Gasteiger partial charge < -0.3 is 19.5 Å². The highest BCUT2D eigenvalue weighted by atomic mass is 16.5. The SMILES string of the molecule is CCOc1cc2nccc(N(C)CC(=O)O)c2cc1OCC. The van der Waals surface area contributed by atoms with Gasteiger partial charge in [-0.05, 0) is 26.0 Å². The van der Waals surface area contributed by atoms with Gasteiger partial charge in [0.25, 0.3) is 0 Å². The predicted octanol–water partition coefficient (Wildman–Crippen LogP) is 2.55. The summed E-state index contributed by atoms with van der Waals surface area (Å²) in [7, 11) is 1.74. The number of anilines is 1. The molecule has 0 aliphatic carbocycles. The molecule has 6 nitrogen and oxygen atoms in total. The van der Waals surface area contributed by atoms with Crippen LogP contribution in [0.15, 0.2) is 24.4 Å².